The summed E-state index contributed by atoms with van der Waals surface area (Å²) in [4.78, 5) is 0. The van der Waals surface area contributed by atoms with Crippen LogP contribution in [0, 0.1) is 0 Å². The van der Waals surface area contributed by atoms with E-state index in [1.54, 1.807) is 11.3 Å². The number of fused-ring (bicyclic) bond motifs is 1. The van der Waals surface area contributed by atoms with Gasteiger partial charge in [0.1, 0.15) is 4.70 Å². The Bertz CT molecular complexity index is 432. The van der Waals surface area contributed by atoms with Gasteiger partial charge in [0.2, 0.25) is 11.0 Å². The molecule has 0 N–H and O–H groups in total. The summed E-state index contributed by atoms with van der Waals surface area (Å²) < 4.78 is 3.53. The number of nitrogens with zero attached hydrogens (tertiary/aromatic N) is 1. The van der Waals surface area contributed by atoms with Crippen molar-refractivity contribution in [1.29, 1.82) is 0 Å². The second-order valence-corrected chi connectivity index (χ2v) is 6.29. The van der Waals surface area contributed by atoms with Gasteiger partial charge in [0.25, 0.3) is 0 Å². The molecule has 0 amide bonds. The molecule has 0 aliphatic carbocycles. The van der Waals surface area contributed by atoms with E-state index in [0.29, 0.717) is 0 Å². The van der Waals surface area contributed by atoms with E-state index in [0.717, 1.165) is 18.8 Å². The molecular weight excluding hydrogens is 345 g/mol. The molecule has 0 bridgehead atoms. The van der Waals surface area contributed by atoms with Gasteiger partial charge >= 0.3 is 36.4 Å². The fraction of sp³-hybridized carbons (Fsp3) is 0.100. The van der Waals surface area contributed by atoms with Crippen LogP contribution in [0.1, 0.15) is 0 Å². The molecule has 0 saturated heterocycles. The van der Waals surface area contributed by atoms with Gasteiger partial charge < -0.3 is 0 Å². The van der Waals surface area contributed by atoms with Gasteiger partial charge in [-0.1, -0.05) is 30.0 Å². The average molecular weight is 355 g/mol. The Kier molecular flexibility index (Phi) is 6.53. The Morgan fingerprint density at radius 3 is 2.87 bits per heavy atom. The summed E-state index contributed by atoms with van der Waals surface area (Å²) in [7, 11) is 4.82. The van der Waals surface area contributed by atoms with Gasteiger partial charge in [0.05, 0.1) is 0 Å². The molecule has 0 atom stereocenters. The molecule has 0 radical (unpaired) electrons. The van der Waals surface area contributed by atoms with Gasteiger partial charge in [0.15, 0.2) is 6.54 Å². The Hall–Kier alpha value is 0.139. The molecule has 2 aromatic rings. The van der Waals surface area contributed by atoms with Gasteiger partial charge in [0, 0.05) is 6.07 Å². The van der Waals surface area contributed by atoms with Crippen molar-refractivity contribution in [2.75, 3.05) is 0 Å². The van der Waals surface area contributed by atoms with Crippen LogP contribution in [-0.4, -0.2) is 0 Å². The predicted molar refractivity (Wildman–Crippen MR) is 67.0 cm³/mol. The van der Waals surface area contributed by atoms with E-state index in [9.17, 15) is 0 Å². The number of hydrogen-bond donors (Lipinski definition) is 0. The summed E-state index contributed by atoms with van der Waals surface area (Å²) in [6, 6.07) is 8.40. The number of thiazole rings is 1. The van der Waals surface area contributed by atoms with Gasteiger partial charge in [-0.15, -0.1) is 0 Å². The van der Waals surface area contributed by atoms with Crippen molar-refractivity contribution in [2.24, 2.45) is 0 Å². The van der Waals surface area contributed by atoms with Crippen LogP contribution in [0.2, 0.25) is 0 Å². The summed E-state index contributed by atoms with van der Waals surface area (Å²) in [5.74, 6) is 0. The van der Waals surface area contributed by atoms with Gasteiger partial charge in [-0.2, -0.15) is 4.57 Å². The zero-order valence-electron chi connectivity index (χ0n) is 7.79. The van der Waals surface area contributed by atoms with Crippen molar-refractivity contribution in [3.63, 3.8) is 0 Å². The van der Waals surface area contributed by atoms with Crippen LogP contribution in [-0.2, 0) is 18.8 Å². The Balaban J connectivity index is 0.000000337. The fourth-order valence-electron chi connectivity index (χ4n) is 1.25. The van der Waals surface area contributed by atoms with Crippen molar-refractivity contribution in [3.05, 3.63) is 42.4 Å². The molecule has 1 aromatic heterocycles. The minimum atomic E-state index is 0.893. The Morgan fingerprint density at radius 1 is 1.53 bits per heavy atom. The molecule has 0 aliphatic rings. The standard InChI is InChI=1S/C10H10NS.BrH.ClH.Cu/c1-2-7-11-8-12-10-6-4-3-5-9(10)11;;;/h2-6,8H,1,7H2;2*1H;/q+1;;;+1/p-2. The van der Waals surface area contributed by atoms with E-state index in [1.807, 2.05) is 6.08 Å². The molecule has 5 heteroatoms. The molecule has 0 unspecified atom stereocenters. The van der Waals surface area contributed by atoms with E-state index in [4.69, 9.17) is 10.1 Å². The molecule has 1 aromatic carbocycles. The van der Waals surface area contributed by atoms with Gasteiger partial charge in [-0.05, 0) is 12.1 Å². The maximum atomic E-state index is 4.82. The third-order valence-corrected chi connectivity index (χ3v) is 2.77. The number of aromatic nitrogens is 1. The summed E-state index contributed by atoms with van der Waals surface area (Å²) >= 11 is 5.68. The average Bonchev–Trinajstić information content (AvgIpc) is 2.64. The molecule has 0 saturated carbocycles. The molecular formula is C10H10BrClCuNS. The van der Waals surface area contributed by atoms with Crippen molar-refractivity contribution in [2.45, 2.75) is 6.54 Å². The number of rotatable bonds is 2. The van der Waals surface area contributed by atoms with Gasteiger partial charge in [-0.25, -0.2) is 0 Å². The third-order valence-electron chi connectivity index (χ3n) is 1.81. The van der Waals surface area contributed by atoms with Crippen LogP contribution in [0.15, 0.2) is 42.4 Å². The number of hydrogen-bond acceptors (Lipinski definition) is 1. The zero-order valence-corrected chi connectivity index (χ0v) is 11.9. The van der Waals surface area contributed by atoms with Crippen LogP contribution in [0.3, 0.4) is 0 Å². The first-order valence-corrected chi connectivity index (χ1v) is 8.61. The van der Waals surface area contributed by atoms with E-state index >= 15 is 0 Å². The first-order chi connectivity index (χ1) is 7.33. The topological polar surface area (TPSA) is 3.88 Å². The van der Waals surface area contributed by atoms with Gasteiger partial charge in [-0.3, -0.25) is 0 Å². The van der Waals surface area contributed by atoms with Crippen LogP contribution >= 0.6 is 35.5 Å². The molecule has 0 spiro atoms. The molecule has 1 nitrogen and oxygen atoms in total. The van der Waals surface area contributed by atoms with E-state index in [1.165, 1.54) is 10.2 Å². The first kappa shape index (κ1) is 13.2. The minimum absolute atomic E-state index is 0.893. The Morgan fingerprint density at radius 2 is 2.20 bits per heavy atom. The molecule has 2 rings (SSSR count). The number of para-hydroxylation sites is 1. The molecule has 0 aliphatic heterocycles. The third kappa shape index (κ3) is 3.89. The fourth-order valence-corrected chi connectivity index (χ4v) is 2.16. The maximum absolute atomic E-state index is 4.82. The molecule has 86 valence electrons. The molecule has 0 fully saturated rings. The normalized spacial score (nSPS) is 9.73. The Labute approximate surface area is 111 Å². The summed E-state index contributed by atoms with van der Waals surface area (Å²) in [6.07, 6.45) is 1.92. The number of benzene rings is 1. The van der Waals surface area contributed by atoms with E-state index in [2.05, 4.69) is 55.0 Å². The van der Waals surface area contributed by atoms with Crippen LogP contribution in [0.25, 0.3) is 10.2 Å². The van der Waals surface area contributed by atoms with E-state index < -0.39 is 0 Å². The SMILES string of the molecule is C=CC[n+]1csc2ccccc21.[Cl][Cu-][Br]. The monoisotopic (exact) mass is 353 g/mol. The zero-order chi connectivity index (χ0) is 11.1. The summed E-state index contributed by atoms with van der Waals surface area (Å²) in [5.41, 5.74) is 3.43. The quantitative estimate of drug-likeness (QED) is 0.437. The van der Waals surface area contributed by atoms with E-state index in [-0.39, 0.29) is 0 Å². The number of allylic oxidation sites excluding steroid dienone is 1. The molecule has 1 heterocycles. The van der Waals surface area contributed by atoms with Crippen molar-refractivity contribution in [1.82, 2.24) is 0 Å². The van der Waals surface area contributed by atoms with Crippen molar-refractivity contribution < 1.29 is 16.8 Å². The van der Waals surface area contributed by atoms with Crippen molar-refractivity contribution >= 4 is 45.8 Å². The summed E-state index contributed by atoms with van der Waals surface area (Å²) in [5, 5.41) is 0. The first-order valence-electron chi connectivity index (χ1n) is 4.11. The van der Waals surface area contributed by atoms with Crippen LogP contribution in [0.5, 0.6) is 0 Å². The van der Waals surface area contributed by atoms with Crippen LogP contribution in [0.4, 0.5) is 0 Å². The number of halogens is 2. The predicted octanol–water partition coefficient (Wildman–Crippen LogP) is 3.91. The van der Waals surface area contributed by atoms with Crippen LogP contribution < -0.4 is 4.57 Å². The van der Waals surface area contributed by atoms with Crippen molar-refractivity contribution in [3.8, 4) is 0 Å². The molecule has 15 heavy (non-hydrogen) atoms. The second-order valence-electron chi connectivity index (χ2n) is 2.68. The second kappa shape index (κ2) is 7.42. The summed E-state index contributed by atoms with van der Waals surface area (Å²) in [6.45, 7) is 4.62.